The summed E-state index contributed by atoms with van der Waals surface area (Å²) in [5.74, 6) is -4.95. The highest BCUT2D eigenvalue weighted by molar-refractivity contribution is 6.22. The summed E-state index contributed by atoms with van der Waals surface area (Å²) in [6.45, 7) is 2.53. The lowest BCUT2D eigenvalue weighted by molar-refractivity contribution is -0.152. The second-order valence-corrected chi connectivity index (χ2v) is 8.15. The van der Waals surface area contributed by atoms with Crippen LogP contribution in [0.25, 0.3) is 0 Å². The maximum absolute atomic E-state index is 12.9. The number of nitrogens with zero attached hydrogens (tertiary/aromatic N) is 1. The Hall–Kier alpha value is -4.54. The van der Waals surface area contributed by atoms with E-state index >= 15 is 0 Å². The highest BCUT2D eigenvalue weighted by atomic mass is 16.5. The molecule has 11 nitrogen and oxygen atoms in total. The number of esters is 3. The van der Waals surface area contributed by atoms with Gasteiger partial charge < -0.3 is 19.5 Å². The highest BCUT2D eigenvalue weighted by Crippen LogP contribution is 2.27. The minimum absolute atomic E-state index is 0.0156. The third kappa shape index (κ3) is 5.24. The normalized spacial score (nSPS) is 13.2. The SMILES string of the molecule is COC(=O)c1cc(NC(=O)COC(=O)C(C(C)C)N2C(=O)c3ccccc3C2=O)cc(C(=O)OC)c1. The quantitative estimate of drug-likeness (QED) is 0.330. The molecule has 36 heavy (non-hydrogen) atoms. The molecule has 1 unspecified atom stereocenters. The van der Waals surface area contributed by atoms with Gasteiger partial charge in [-0.05, 0) is 36.2 Å². The van der Waals surface area contributed by atoms with Crippen molar-refractivity contribution >= 4 is 41.3 Å². The number of rotatable bonds is 8. The van der Waals surface area contributed by atoms with E-state index in [1.54, 1.807) is 26.0 Å². The molecule has 1 N–H and O–H groups in total. The van der Waals surface area contributed by atoms with Crippen molar-refractivity contribution in [3.63, 3.8) is 0 Å². The van der Waals surface area contributed by atoms with Crippen LogP contribution in [0.5, 0.6) is 0 Å². The van der Waals surface area contributed by atoms with E-state index in [4.69, 9.17) is 4.74 Å². The van der Waals surface area contributed by atoms with Gasteiger partial charge in [0.05, 0.1) is 36.5 Å². The second kappa shape index (κ2) is 10.8. The first kappa shape index (κ1) is 26.1. The molecule has 3 amide bonds. The maximum Gasteiger partial charge on any atom is 0.337 e. The van der Waals surface area contributed by atoms with E-state index in [9.17, 15) is 28.8 Å². The minimum Gasteiger partial charge on any atom is -0.465 e. The lowest BCUT2D eigenvalue weighted by atomic mass is 10.0. The average Bonchev–Trinajstić information content (AvgIpc) is 3.11. The van der Waals surface area contributed by atoms with Crippen LogP contribution in [0.15, 0.2) is 42.5 Å². The standard InChI is InChI=1S/C25H24N2O9/c1-13(2)20(27-21(29)17-7-5-6-8-18(17)22(27)30)25(33)36-12-19(28)26-16-10-14(23(31)34-3)9-15(11-16)24(32)35-4/h5-11,13,20H,12H2,1-4H3,(H,26,28). The first-order valence-corrected chi connectivity index (χ1v) is 10.8. The van der Waals surface area contributed by atoms with Gasteiger partial charge in [0.2, 0.25) is 0 Å². The molecule has 0 aliphatic carbocycles. The van der Waals surface area contributed by atoms with Crippen molar-refractivity contribution in [3.05, 3.63) is 64.7 Å². The number of hydrogen-bond donors (Lipinski definition) is 1. The summed E-state index contributed by atoms with van der Waals surface area (Å²) in [4.78, 5) is 75.6. The number of hydrogen-bond acceptors (Lipinski definition) is 9. The third-order valence-corrected chi connectivity index (χ3v) is 5.38. The monoisotopic (exact) mass is 496 g/mol. The van der Waals surface area contributed by atoms with Gasteiger partial charge in [-0.15, -0.1) is 0 Å². The zero-order chi connectivity index (χ0) is 26.6. The van der Waals surface area contributed by atoms with Gasteiger partial charge in [-0.1, -0.05) is 26.0 Å². The Morgan fingerprint density at radius 2 is 1.36 bits per heavy atom. The maximum atomic E-state index is 12.9. The van der Waals surface area contributed by atoms with Crippen molar-refractivity contribution in [1.29, 1.82) is 0 Å². The summed E-state index contributed by atoms with van der Waals surface area (Å²) in [6.07, 6.45) is 0. The van der Waals surface area contributed by atoms with E-state index in [0.717, 1.165) is 19.1 Å². The van der Waals surface area contributed by atoms with Crippen LogP contribution in [-0.2, 0) is 23.8 Å². The molecule has 1 aliphatic heterocycles. The number of imide groups is 1. The van der Waals surface area contributed by atoms with Gasteiger partial charge in [0.15, 0.2) is 6.61 Å². The largest absolute Gasteiger partial charge is 0.465 e. The molecule has 2 aromatic carbocycles. The molecule has 0 radical (unpaired) electrons. The van der Waals surface area contributed by atoms with Crippen molar-refractivity contribution in [2.45, 2.75) is 19.9 Å². The van der Waals surface area contributed by atoms with Crippen LogP contribution < -0.4 is 5.32 Å². The number of carbonyl (C=O) groups is 6. The molecule has 0 saturated carbocycles. The van der Waals surface area contributed by atoms with Gasteiger partial charge in [0.1, 0.15) is 6.04 Å². The number of fused-ring (bicyclic) bond motifs is 1. The Morgan fingerprint density at radius 1 is 0.861 bits per heavy atom. The van der Waals surface area contributed by atoms with Crippen molar-refractivity contribution in [3.8, 4) is 0 Å². The van der Waals surface area contributed by atoms with Crippen LogP contribution in [-0.4, -0.2) is 67.4 Å². The zero-order valence-electron chi connectivity index (χ0n) is 20.0. The van der Waals surface area contributed by atoms with Crippen LogP contribution in [0.2, 0.25) is 0 Å². The van der Waals surface area contributed by atoms with Gasteiger partial charge in [-0.25, -0.2) is 14.4 Å². The summed E-state index contributed by atoms with van der Waals surface area (Å²) in [6, 6.07) is 8.75. The van der Waals surface area contributed by atoms with Gasteiger partial charge in [0.25, 0.3) is 17.7 Å². The smallest absolute Gasteiger partial charge is 0.337 e. The molecule has 0 bridgehead atoms. The van der Waals surface area contributed by atoms with Crippen molar-refractivity contribution < 1.29 is 43.0 Å². The molecule has 11 heteroatoms. The summed E-state index contributed by atoms with van der Waals surface area (Å²) in [5.41, 5.74) is 0.396. The van der Waals surface area contributed by atoms with Crippen LogP contribution in [0.1, 0.15) is 55.3 Å². The molecule has 3 rings (SSSR count). The second-order valence-electron chi connectivity index (χ2n) is 8.15. The molecular formula is C25H24N2O9. The predicted octanol–water partition coefficient (Wildman–Crippen LogP) is 2.06. The van der Waals surface area contributed by atoms with Crippen molar-refractivity contribution in [2.24, 2.45) is 5.92 Å². The number of anilines is 1. The van der Waals surface area contributed by atoms with Gasteiger partial charge in [0, 0.05) is 5.69 Å². The van der Waals surface area contributed by atoms with Crippen molar-refractivity contribution in [1.82, 2.24) is 4.90 Å². The van der Waals surface area contributed by atoms with Crippen LogP contribution >= 0.6 is 0 Å². The lowest BCUT2D eigenvalue weighted by Gasteiger charge is -2.27. The predicted molar refractivity (Wildman–Crippen MR) is 124 cm³/mol. The number of carbonyl (C=O) groups excluding carboxylic acids is 6. The van der Waals surface area contributed by atoms with E-state index in [1.165, 1.54) is 30.3 Å². The van der Waals surface area contributed by atoms with E-state index in [-0.39, 0.29) is 27.9 Å². The number of benzene rings is 2. The van der Waals surface area contributed by atoms with Gasteiger partial charge in [-0.2, -0.15) is 0 Å². The minimum atomic E-state index is -1.25. The molecule has 2 aromatic rings. The van der Waals surface area contributed by atoms with Crippen LogP contribution in [0.4, 0.5) is 5.69 Å². The highest BCUT2D eigenvalue weighted by Gasteiger charge is 2.44. The van der Waals surface area contributed by atoms with E-state index in [0.29, 0.717) is 0 Å². The Bertz CT molecular complexity index is 1180. The third-order valence-electron chi connectivity index (χ3n) is 5.38. The average molecular weight is 496 g/mol. The Balaban J connectivity index is 1.72. The fourth-order valence-corrected chi connectivity index (χ4v) is 3.73. The van der Waals surface area contributed by atoms with Crippen LogP contribution in [0, 0.1) is 5.92 Å². The summed E-state index contributed by atoms with van der Waals surface area (Å²) >= 11 is 0. The molecule has 1 aliphatic rings. The van der Waals surface area contributed by atoms with E-state index in [1.807, 2.05) is 0 Å². The summed E-state index contributed by atoms with van der Waals surface area (Å²) in [5, 5.41) is 2.43. The first-order chi connectivity index (χ1) is 17.1. The number of ether oxygens (including phenoxy) is 3. The molecular weight excluding hydrogens is 472 g/mol. The summed E-state index contributed by atoms with van der Waals surface area (Å²) in [7, 11) is 2.31. The topological polar surface area (TPSA) is 145 Å². The number of methoxy groups -OCH3 is 2. The Kier molecular flexibility index (Phi) is 7.83. The molecule has 0 saturated heterocycles. The fourth-order valence-electron chi connectivity index (χ4n) is 3.73. The lowest BCUT2D eigenvalue weighted by Crippen LogP contribution is -2.49. The van der Waals surface area contributed by atoms with Crippen molar-refractivity contribution in [2.75, 3.05) is 26.1 Å². The van der Waals surface area contributed by atoms with Crippen LogP contribution in [0.3, 0.4) is 0 Å². The fraction of sp³-hybridized carbons (Fsp3) is 0.280. The molecule has 0 aromatic heterocycles. The zero-order valence-corrected chi connectivity index (χ0v) is 20.0. The number of amides is 3. The molecule has 188 valence electrons. The Labute approximate surface area is 206 Å². The molecule has 1 atom stereocenters. The van der Waals surface area contributed by atoms with E-state index < -0.39 is 54.2 Å². The van der Waals surface area contributed by atoms with Gasteiger partial charge in [-0.3, -0.25) is 19.3 Å². The molecule has 1 heterocycles. The molecule has 0 spiro atoms. The van der Waals surface area contributed by atoms with E-state index in [2.05, 4.69) is 14.8 Å². The van der Waals surface area contributed by atoms with Gasteiger partial charge >= 0.3 is 17.9 Å². The number of nitrogens with one attached hydrogen (secondary N) is 1. The Morgan fingerprint density at radius 3 is 1.81 bits per heavy atom. The summed E-state index contributed by atoms with van der Waals surface area (Å²) < 4.78 is 14.4. The molecule has 0 fully saturated rings. The first-order valence-electron chi connectivity index (χ1n) is 10.8.